The average Bonchev–Trinajstić information content (AvgIpc) is 2.42. The van der Waals surface area contributed by atoms with Gasteiger partial charge in [-0.25, -0.2) is 13.1 Å². The number of nitrogens with two attached hydrogens (primary N) is 1. The summed E-state index contributed by atoms with van der Waals surface area (Å²) >= 11 is 0. The first-order valence-electron chi connectivity index (χ1n) is 6.47. The molecular formula is C13H20N2O4S. The van der Waals surface area contributed by atoms with Crippen molar-refractivity contribution < 1.29 is 18.3 Å². The van der Waals surface area contributed by atoms with Crippen LogP contribution in [0.15, 0.2) is 23.1 Å². The number of benzene rings is 1. The van der Waals surface area contributed by atoms with Crippen molar-refractivity contribution in [2.45, 2.75) is 30.2 Å². The largest absolute Gasteiger partial charge is 0.399 e. The zero-order valence-electron chi connectivity index (χ0n) is 11.4. The molecule has 0 spiro atoms. The van der Waals surface area contributed by atoms with Crippen LogP contribution in [0.2, 0.25) is 0 Å². The SMILES string of the molecule is Cc1ccc(N)cc1S(=O)(=O)NC1(CO)CCOCC1. The number of nitrogens with one attached hydrogen (secondary N) is 1. The van der Waals surface area contributed by atoms with Crippen LogP contribution in [0, 0.1) is 6.92 Å². The van der Waals surface area contributed by atoms with Crippen LogP contribution in [0.5, 0.6) is 0 Å². The third-order valence-corrected chi connectivity index (χ3v) is 5.33. The van der Waals surface area contributed by atoms with Gasteiger partial charge < -0.3 is 15.6 Å². The van der Waals surface area contributed by atoms with Gasteiger partial charge in [0.25, 0.3) is 0 Å². The van der Waals surface area contributed by atoms with E-state index in [0.29, 0.717) is 37.3 Å². The number of nitrogen functional groups attached to an aromatic ring is 1. The van der Waals surface area contributed by atoms with E-state index in [-0.39, 0.29) is 11.5 Å². The Bertz CT molecular complexity index is 580. The first-order chi connectivity index (χ1) is 9.38. The number of hydrogen-bond donors (Lipinski definition) is 3. The van der Waals surface area contributed by atoms with E-state index < -0.39 is 15.6 Å². The van der Waals surface area contributed by atoms with Crippen LogP contribution in [0.25, 0.3) is 0 Å². The molecule has 1 aliphatic heterocycles. The Kier molecular flexibility index (Phi) is 4.33. The molecule has 1 heterocycles. The van der Waals surface area contributed by atoms with Crippen molar-refractivity contribution in [3.63, 3.8) is 0 Å². The molecule has 2 rings (SSSR count). The van der Waals surface area contributed by atoms with Gasteiger partial charge in [0.15, 0.2) is 0 Å². The molecule has 0 amide bonds. The highest BCUT2D eigenvalue weighted by Gasteiger charge is 2.36. The zero-order valence-corrected chi connectivity index (χ0v) is 12.2. The summed E-state index contributed by atoms with van der Waals surface area (Å²) in [7, 11) is -3.73. The number of aryl methyl sites for hydroxylation is 1. The lowest BCUT2D eigenvalue weighted by Gasteiger charge is -2.36. The summed E-state index contributed by atoms with van der Waals surface area (Å²) in [5, 5.41) is 9.57. The summed E-state index contributed by atoms with van der Waals surface area (Å²) in [5.41, 5.74) is 5.82. The molecule has 0 aromatic heterocycles. The molecule has 20 heavy (non-hydrogen) atoms. The number of rotatable bonds is 4. The predicted molar refractivity (Wildman–Crippen MR) is 75.8 cm³/mol. The van der Waals surface area contributed by atoms with Gasteiger partial charge >= 0.3 is 0 Å². The molecule has 7 heteroatoms. The first kappa shape index (κ1) is 15.2. The second-order valence-corrected chi connectivity index (χ2v) is 6.83. The second-order valence-electron chi connectivity index (χ2n) is 5.18. The van der Waals surface area contributed by atoms with Crippen molar-refractivity contribution in [1.29, 1.82) is 0 Å². The molecule has 0 aliphatic carbocycles. The maximum absolute atomic E-state index is 12.5. The topological polar surface area (TPSA) is 102 Å². The van der Waals surface area contributed by atoms with Gasteiger partial charge in [-0.1, -0.05) is 6.07 Å². The van der Waals surface area contributed by atoms with Gasteiger partial charge in [0.2, 0.25) is 10.0 Å². The highest BCUT2D eigenvalue weighted by Crippen LogP contribution is 2.25. The van der Waals surface area contributed by atoms with Crippen LogP contribution in [-0.4, -0.2) is 38.9 Å². The monoisotopic (exact) mass is 300 g/mol. The summed E-state index contributed by atoms with van der Waals surface area (Å²) in [4.78, 5) is 0.150. The Morgan fingerprint density at radius 2 is 2.05 bits per heavy atom. The summed E-state index contributed by atoms with van der Waals surface area (Å²) < 4.78 is 32.9. The molecular weight excluding hydrogens is 280 g/mol. The smallest absolute Gasteiger partial charge is 0.241 e. The highest BCUT2D eigenvalue weighted by atomic mass is 32.2. The van der Waals surface area contributed by atoms with E-state index in [1.807, 2.05) is 0 Å². The van der Waals surface area contributed by atoms with Crippen molar-refractivity contribution in [2.24, 2.45) is 0 Å². The Labute approximate surface area is 119 Å². The van der Waals surface area contributed by atoms with Crippen LogP contribution in [0.1, 0.15) is 18.4 Å². The Balaban J connectivity index is 2.32. The molecule has 0 atom stereocenters. The molecule has 1 fully saturated rings. The minimum absolute atomic E-state index is 0.150. The normalized spacial score (nSPS) is 18.9. The number of aliphatic hydroxyl groups is 1. The summed E-state index contributed by atoms with van der Waals surface area (Å²) in [6.07, 6.45) is 0.897. The fourth-order valence-corrected chi connectivity index (χ4v) is 4.03. The lowest BCUT2D eigenvalue weighted by molar-refractivity contribution is 0.0223. The molecule has 6 nitrogen and oxygen atoms in total. The quantitative estimate of drug-likeness (QED) is 0.699. The van der Waals surface area contributed by atoms with Crippen molar-refractivity contribution in [1.82, 2.24) is 4.72 Å². The number of hydrogen-bond acceptors (Lipinski definition) is 5. The van der Waals surface area contributed by atoms with Gasteiger partial charge in [0, 0.05) is 18.9 Å². The standard InChI is InChI=1S/C13H20N2O4S/c1-10-2-3-11(14)8-12(10)20(17,18)15-13(9-16)4-6-19-7-5-13/h2-3,8,15-16H,4-7,9,14H2,1H3. The van der Waals surface area contributed by atoms with Gasteiger partial charge in [0.05, 0.1) is 17.0 Å². The maximum atomic E-state index is 12.5. The van der Waals surface area contributed by atoms with E-state index in [0.717, 1.165) is 0 Å². The average molecular weight is 300 g/mol. The van der Waals surface area contributed by atoms with Crippen LogP contribution in [0.4, 0.5) is 5.69 Å². The fraction of sp³-hybridized carbons (Fsp3) is 0.538. The number of ether oxygens (including phenoxy) is 1. The van der Waals surface area contributed by atoms with Crippen molar-refractivity contribution in [3.05, 3.63) is 23.8 Å². The van der Waals surface area contributed by atoms with Crippen LogP contribution < -0.4 is 10.5 Å². The Morgan fingerprint density at radius 1 is 1.40 bits per heavy atom. The molecule has 0 bridgehead atoms. The van der Waals surface area contributed by atoms with Gasteiger partial charge in [0.1, 0.15) is 0 Å². The maximum Gasteiger partial charge on any atom is 0.241 e. The molecule has 1 aliphatic rings. The van der Waals surface area contributed by atoms with E-state index in [1.165, 1.54) is 6.07 Å². The lowest BCUT2D eigenvalue weighted by Crippen LogP contribution is -2.54. The minimum Gasteiger partial charge on any atom is -0.399 e. The van der Waals surface area contributed by atoms with E-state index in [2.05, 4.69) is 4.72 Å². The summed E-state index contributed by atoms with van der Waals surface area (Å²) in [6.45, 7) is 2.32. The lowest BCUT2D eigenvalue weighted by atomic mass is 9.93. The Hall–Kier alpha value is -1.15. The van der Waals surface area contributed by atoms with E-state index >= 15 is 0 Å². The second kappa shape index (κ2) is 5.69. The first-order valence-corrected chi connectivity index (χ1v) is 7.96. The zero-order chi connectivity index (χ0) is 14.8. The molecule has 0 radical (unpaired) electrons. The van der Waals surface area contributed by atoms with E-state index in [4.69, 9.17) is 10.5 Å². The molecule has 0 saturated carbocycles. The van der Waals surface area contributed by atoms with E-state index in [9.17, 15) is 13.5 Å². The molecule has 112 valence electrons. The Morgan fingerprint density at radius 3 is 2.65 bits per heavy atom. The third-order valence-electron chi connectivity index (χ3n) is 3.61. The number of sulfonamides is 1. The molecule has 1 aromatic carbocycles. The molecule has 4 N–H and O–H groups in total. The number of aliphatic hydroxyl groups excluding tert-OH is 1. The summed E-state index contributed by atoms with van der Waals surface area (Å²) in [5.74, 6) is 0. The highest BCUT2D eigenvalue weighted by molar-refractivity contribution is 7.89. The van der Waals surface area contributed by atoms with Gasteiger partial charge in [-0.3, -0.25) is 0 Å². The fourth-order valence-electron chi connectivity index (χ4n) is 2.30. The van der Waals surface area contributed by atoms with Crippen LogP contribution in [-0.2, 0) is 14.8 Å². The van der Waals surface area contributed by atoms with Gasteiger partial charge in [-0.15, -0.1) is 0 Å². The van der Waals surface area contributed by atoms with E-state index in [1.54, 1.807) is 19.1 Å². The van der Waals surface area contributed by atoms with Crippen LogP contribution in [0.3, 0.4) is 0 Å². The molecule has 1 aromatic rings. The third kappa shape index (κ3) is 3.12. The van der Waals surface area contributed by atoms with Crippen molar-refractivity contribution >= 4 is 15.7 Å². The van der Waals surface area contributed by atoms with Gasteiger partial charge in [-0.05, 0) is 37.5 Å². The predicted octanol–water partition coefficient (Wildman–Crippen LogP) is 0.397. The molecule has 0 unspecified atom stereocenters. The summed E-state index contributed by atoms with van der Waals surface area (Å²) in [6, 6.07) is 4.76. The van der Waals surface area contributed by atoms with Gasteiger partial charge in [-0.2, -0.15) is 0 Å². The van der Waals surface area contributed by atoms with Crippen molar-refractivity contribution in [2.75, 3.05) is 25.6 Å². The molecule has 1 saturated heterocycles. The minimum atomic E-state index is -3.73. The number of anilines is 1. The van der Waals surface area contributed by atoms with Crippen LogP contribution >= 0.6 is 0 Å². The van der Waals surface area contributed by atoms with Crippen molar-refractivity contribution in [3.8, 4) is 0 Å².